The number of hydrogen-bond acceptors (Lipinski definition) is 4. The first kappa shape index (κ1) is 10.4. The first-order valence-electron chi connectivity index (χ1n) is 3.18. The fourth-order valence-electron chi connectivity index (χ4n) is 0.491. The van der Waals surface area contributed by atoms with Crippen molar-refractivity contribution in [3.05, 3.63) is 0 Å². The Bertz CT molecular complexity index is 202. The lowest BCUT2D eigenvalue weighted by Gasteiger charge is -2.09. The van der Waals surface area contributed by atoms with Gasteiger partial charge in [-0.1, -0.05) is 0 Å². The van der Waals surface area contributed by atoms with Crippen LogP contribution in [0, 0.1) is 0 Å². The largest absolute Gasteiger partial charge is 0.438 e. The molecule has 6 heteroatoms. The van der Waals surface area contributed by atoms with Gasteiger partial charge < -0.3 is 15.2 Å². The molecule has 0 aliphatic carbocycles. The van der Waals surface area contributed by atoms with E-state index < -0.39 is 18.4 Å². The monoisotopic (exact) mass is 174 g/mol. The van der Waals surface area contributed by atoms with Gasteiger partial charge in [0, 0.05) is 13.8 Å². The number of rotatable bonds is 2. The number of carbonyl (C=O) groups is 2. The van der Waals surface area contributed by atoms with Crippen LogP contribution in [0.3, 0.4) is 0 Å². The molecule has 2 N–H and O–H groups in total. The summed E-state index contributed by atoms with van der Waals surface area (Å²) < 4.78 is 8.91. The lowest BCUT2D eigenvalue weighted by atomic mass is 10.7. The number of esters is 1. The van der Waals surface area contributed by atoms with E-state index in [1.54, 1.807) is 0 Å². The zero-order chi connectivity index (χ0) is 9.56. The second-order valence-electron chi connectivity index (χ2n) is 1.84. The summed E-state index contributed by atoms with van der Waals surface area (Å²) in [7, 11) is 0. The summed E-state index contributed by atoms with van der Waals surface area (Å²) in [6, 6.07) is 0. The Hall–Kier alpha value is -1.59. The second kappa shape index (κ2) is 5.11. The van der Waals surface area contributed by atoms with Crippen molar-refractivity contribution in [3.63, 3.8) is 0 Å². The normalized spacial score (nSPS) is 12.5. The zero-order valence-electron chi connectivity index (χ0n) is 6.81. The summed E-state index contributed by atoms with van der Waals surface area (Å²) in [4.78, 5) is 23.9. The first-order chi connectivity index (χ1) is 5.56. The average Bonchev–Trinajstić information content (AvgIpc) is 1.84. The Morgan fingerprint density at radius 3 is 2.50 bits per heavy atom. The van der Waals surface area contributed by atoms with E-state index in [0.717, 1.165) is 6.34 Å². The molecule has 1 unspecified atom stereocenters. The van der Waals surface area contributed by atoms with Gasteiger partial charge >= 0.3 is 12.1 Å². The second-order valence-corrected chi connectivity index (χ2v) is 1.84. The minimum absolute atomic E-state index is 0.535. The fraction of sp³-hybridized carbons (Fsp3) is 0.500. The smallest absolute Gasteiger partial charge is 0.426 e. The Morgan fingerprint density at radius 2 is 2.08 bits per heavy atom. The van der Waals surface area contributed by atoms with Gasteiger partial charge in [0.05, 0.1) is 6.34 Å². The summed E-state index contributed by atoms with van der Waals surface area (Å²) in [5.41, 5.74) is 4.81. The van der Waals surface area contributed by atoms with Gasteiger partial charge in [0.2, 0.25) is 6.29 Å². The summed E-state index contributed by atoms with van der Waals surface area (Å²) in [5.74, 6) is -0.535. The molecule has 0 bridgehead atoms. The molecule has 0 aliphatic rings. The molecule has 0 rings (SSSR count). The van der Waals surface area contributed by atoms with Crippen LogP contribution >= 0.6 is 0 Å². The van der Waals surface area contributed by atoms with Gasteiger partial charge in [0.15, 0.2) is 0 Å². The number of nitrogens with zero attached hydrogens (tertiary/aromatic N) is 1. The number of nitrogens with two attached hydrogens (primary N) is 1. The predicted molar refractivity (Wildman–Crippen MR) is 40.4 cm³/mol. The maximum absolute atomic E-state index is 10.5. The molecule has 0 aromatic heterocycles. The summed E-state index contributed by atoms with van der Waals surface area (Å²) >= 11 is 0. The van der Waals surface area contributed by atoms with Gasteiger partial charge in [-0.15, -0.1) is 0 Å². The highest BCUT2D eigenvalue weighted by atomic mass is 16.7. The van der Waals surface area contributed by atoms with Gasteiger partial charge in [-0.3, -0.25) is 4.79 Å². The molecule has 0 radical (unpaired) electrons. The number of ether oxygens (including phenoxy) is 2. The van der Waals surface area contributed by atoms with E-state index in [4.69, 9.17) is 5.73 Å². The van der Waals surface area contributed by atoms with Crippen molar-refractivity contribution in [2.24, 2.45) is 10.7 Å². The summed E-state index contributed by atoms with van der Waals surface area (Å²) in [5, 5.41) is 0. The Labute approximate surface area is 69.3 Å². The van der Waals surface area contributed by atoms with Crippen LogP contribution in [0.1, 0.15) is 13.8 Å². The molecule has 0 aliphatic heterocycles. The molecule has 0 heterocycles. The molecule has 6 nitrogen and oxygen atoms in total. The third kappa shape index (κ3) is 5.21. The van der Waals surface area contributed by atoms with Crippen LogP contribution in [0.4, 0.5) is 4.79 Å². The Balaban J connectivity index is 3.76. The minimum Gasteiger partial charge on any atom is -0.426 e. The molecule has 12 heavy (non-hydrogen) atoms. The van der Waals surface area contributed by atoms with Crippen molar-refractivity contribution in [1.82, 2.24) is 0 Å². The summed E-state index contributed by atoms with van der Waals surface area (Å²) in [6.45, 7) is 2.60. The van der Waals surface area contributed by atoms with Crippen LogP contribution in [-0.4, -0.2) is 24.7 Å². The number of carbonyl (C=O) groups excluding carboxylic acids is 2. The third-order valence-electron chi connectivity index (χ3n) is 0.779. The molecular weight excluding hydrogens is 164 g/mol. The van der Waals surface area contributed by atoms with Crippen LogP contribution in [0.5, 0.6) is 0 Å². The summed E-state index contributed by atoms with van der Waals surface area (Å²) in [6.07, 6.45) is -1.05. The van der Waals surface area contributed by atoms with Crippen molar-refractivity contribution in [3.8, 4) is 0 Å². The minimum atomic E-state index is -0.946. The van der Waals surface area contributed by atoms with Crippen LogP contribution in [-0.2, 0) is 14.3 Å². The lowest BCUT2D eigenvalue weighted by molar-refractivity contribution is -0.161. The van der Waals surface area contributed by atoms with Gasteiger partial charge in [-0.2, -0.15) is 4.99 Å². The number of hydrogen-bond donors (Lipinski definition) is 1. The van der Waals surface area contributed by atoms with Crippen molar-refractivity contribution in [1.29, 1.82) is 0 Å². The van der Waals surface area contributed by atoms with Crippen molar-refractivity contribution >= 4 is 18.4 Å². The molecule has 0 saturated heterocycles. The van der Waals surface area contributed by atoms with Gasteiger partial charge in [0.1, 0.15) is 0 Å². The molecule has 0 fully saturated rings. The van der Waals surface area contributed by atoms with E-state index in [0.29, 0.717) is 0 Å². The third-order valence-corrected chi connectivity index (χ3v) is 0.779. The van der Waals surface area contributed by atoms with E-state index in [1.165, 1.54) is 13.8 Å². The molecule has 1 atom stereocenters. The van der Waals surface area contributed by atoms with Crippen molar-refractivity contribution in [2.75, 3.05) is 0 Å². The molecule has 1 amide bonds. The predicted octanol–water partition coefficient (Wildman–Crippen LogP) is 0.0191. The molecule has 0 spiro atoms. The van der Waals surface area contributed by atoms with Gasteiger partial charge in [-0.25, -0.2) is 4.79 Å². The van der Waals surface area contributed by atoms with Crippen LogP contribution in [0.25, 0.3) is 0 Å². The van der Waals surface area contributed by atoms with Gasteiger partial charge in [0.25, 0.3) is 0 Å². The number of aliphatic imine (C=N–C) groups is 1. The Kier molecular flexibility index (Phi) is 4.43. The fourth-order valence-corrected chi connectivity index (χ4v) is 0.491. The number of amides is 1. The molecular formula is C6H10N2O4. The quantitative estimate of drug-likeness (QED) is 0.276. The first-order valence-corrected chi connectivity index (χ1v) is 3.18. The Morgan fingerprint density at radius 1 is 1.50 bits per heavy atom. The van der Waals surface area contributed by atoms with Crippen molar-refractivity contribution < 1.29 is 19.1 Å². The standard InChI is InChI=1S/C6H10N2O4/c1-4(9)11-5(2)12-6(10)8-3-7/h3,5H,1-2H3,(H2,7,8,10). The highest BCUT2D eigenvalue weighted by molar-refractivity contribution is 5.77. The SMILES string of the molecule is CC(=O)OC(C)OC(=O)/N=C\N. The molecule has 68 valence electrons. The topological polar surface area (TPSA) is 91.0 Å². The highest BCUT2D eigenvalue weighted by Crippen LogP contribution is 1.95. The van der Waals surface area contributed by atoms with Crippen LogP contribution < -0.4 is 5.73 Å². The van der Waals surface area contributed by atoms with E-state index in [9.17, 15) is 9.59 Å². The maximum atomic E-state index is 10.5. The molecule has 0 aromatic rings. The van der Waals surface area contributed by atoms with E-state index in [1.807, 2.05) is 0 Å². The highest BCUT2D eigenvalue weighted by Gasteiger charge is 2.09. The molecule has 0 aromatic carbocycles. The van der Waals surface area contributed by atoms with Crippen molar-refractivity contribution in [2.45, 2.75) is 20.1 Å². The van der Waals surface area contributed by atoms with Gasteiger partial charge in [-0.05, 0) is 0 Å². The van der Waals surface area contributed by atoms with Crippen LogP contribution in [0.2, 0.25) is 0 Å². The van der Waals surface area contributed by atoms with E-state index in [-0.39, 0.29) is 0 Å². The maximum Gasteiger partial charge on any atom is 0.438 e. The lowest BCUT2D eigenvalue weighted by Crippen LogP contribution is -2.18. The van der Waals surface area contributed by atoms with Crippen LogP contribution in [0.15, 0.2) is 4.99 Å². The van der Waals surface area contributed by atoms with E-state index >= 15 is 0 Å². The average molecular weight is 174 g/mol. The van der Waals surface area contributed by atoms with E-state index in [2.05, 4.69) is 14.5 Å². The zero-order valence-corrected chi connectivity index (χ0v) is 6.81. The molecule has 0 saturated carbocycles.